The second-order valence-corrected chi connectivity index (χ2v) is 10.9. The van der Waals surface area contributed by atoms with Crippen LogP contribution >= 0.6 is 27.3 Å². The average molecular weight is 565 g/mol. The third kappa shape index (κ3) is 4.72. The van der Waals surface area contributed by atoms with Gasteiger partial charge in [0.25, 0.3) is 5.56 Å². The number of halogens is 1. The summed E-state index contributed by atoms with van der Waals surface area (Å²) in [6.07, 6.45) is 5.58. The summed E-state index contributed by atoms with van der Waals surface area (Å²) in [6, 6.07) is 17.8. The Bertz CT molecular complexity index is 1530. The van der Waals surface area contributed by atoms with Crippen LogP contribution in [0.4, 0.5) is 5.69 Å². The predicted octanol–water partition coefficient (Wildman–Crippen LogP) is 6.81. The van der Waals surface area contributed by atoms with Gasteiger partial charge in [-0.3, -0.25) is 9.48 Å². The maximum absolute atomic E-state index is 13.5. The maximum atomic E-state index is 13.5. The largest absolute Gasteiger partial charge is 0.297 e. The topological polar surface area (TPSA) is 56.6 Å². The van der Waals surface area contributed by atoms with E-state index in [-0.39, 0.29) is 5.56 Å². The van der Waals surface area contributed by atoms with E-state index in [1.54, 1.807) is 4.68 Å². The van der Waals surface area contributed by atoms with Crippen LogP contribution in [0.25, 0.3) is 16.9 Å². The number of thiazole rings is 1. The van der Waals surface area contributed by atoms with Crippen LogP contribution in [0.1, 0.15) is 44.7 Å². The lowest BCUT2D eigenvalue weighted by atomic mass is 9.86. The van der Waals surface area contributed by atoms with Crippen molar-refractivity contribution in [2.24, 2.45) is 23.1 Å². The molecule has 0 amide bonds. The molecule has 1 fully saturated rings. The number of hydrogen-bond donors (Lipinski definition) is 0. The first-order valence-corrected chi connectivity index (χ1v) is 14.1. The molecule has 0 N–H and O–H groups in total. The van der Waals surface area contributed by atoms with E-state index in [0.717, 1.165) is 45.9 Å². The summed E-state index contributed by atoms with van der Waals surface area (Å²) >= 11 is 5.21. The van der Waals surface area contributed by atoms with E-state index >= 15 is 0 Å². The SMILES string of the molecule is CCC1CCC(=Nn2c(-c3ccccc3Br)csc2=Nc2c(C)n(C)n(-c3ccccc3)c2=O)CC1. The normalized spacial score (nSPS) is 16.5. The molecule has 8 heteroatoms. The van der Waals surface area contributed by atoms with Gasteiger partial charge in [0.15, 0.2) is 5.69 Å². The lowest BCUT2D eigenvalue weighted by Gasteiger charge is -2.21. The number of aromatic nitrogens is 3. The van der Waals surface area contributed by atoms with E-state index in [4.69, 9.17) is 10.1 Å². The molecule has 0 spiro atoms. The Morgan fingerprint density at radius 2 is 1.75 bits per heavy atom. The summed E-state index contributed by atoms with van der Waals surface area (Å²) < 4.78 is 6.46. The summed E-state index contributed by atoms with van der Waals surface area (Å²) in [4.78, 5) is 19.1. The van der Waals surface area contributed by atoms with Gasteiger partial charge in [0.2, 0.25) is 4.80 Å². The molecular weight excluding hydrogens is 534 g/mol. The van der Waals surface area contributed by atoms with Gasteiger partial charge in [-0.2, -0.15) is 5.10 Å². The Balaban J connectivity index is 1.68. The van der Waals surface area contributed by atoms with Crippen LogP contribution in [0.5, 0.6) is 0 Å². The Morgan fingerprint density at radius 1 is 1.06 bits per heavy atom. The quantitative estimate of drug-likeness (QED) is 0.263. The highest BCUT2D eigenvalue weighted by Gasteiger charge is 2.19. The second-order valence-electron chi connectivity index (χ2n) is 9.23. The number of hydrogen-bond acceptors (Lipinski definition) is 4. The van der Waals surface area contributed by atoms with Crippen LogP contribution in [0.2, 0.25) is 0 Å². The summed E-state index contributed by atoms with van der Waals surface area (Å²) in [6.45, 7) is 4.21. The molecule has 0 bridgehead atoms. The fourth-order valence-electron chi connectivity index (χ4n) is 4.77. The van der Waals surface area contributed by atoms with Gasteiger partial charge >= 0.3 is 0 Å². The highest BCUT2D eigenvalue weighted by molar-refractivity contribution is 9.10. The second kappa shape index (κ2) is 10.6. The third-order valence-electron chi connectivity index (χ3n) is 7.07. The van der Waals surface area contributed by atoms with Crippen LogP contribution in [-0.2, 0) is 7.05 Å². The fourth-order valence-corrected chi connectivity index (χ4v) is 6.08. The van der Waals surface area contributed by atoms with Gasteiger partial charge in [-0.05, 0) is 56.7 Å². The molecule has 2 heterocycles. The van der Waals surface area contributed by atoms with Crippen molar-refractivity contribution < 1.29 is 0 Å². The number of benzene rings is 2. The van der Waals surface area contributed by atoms with Gasteiger partial charge < -0.3 is 0 Å². The molecule has 1 aliphatic carbocycles. The molecule has 4 aromatic rings. The summed E-state index contributed by atoms with van der Waals surface area (Å²) in [5.74, 6) is 0.784. The molecule has 0 aliphatic heterocycles. The van der Waals surface area contributed by atoms with E-state index in [2.05, 4.69) is 34.3 Å². The zero-order valence-corrected chi connectivity index (χ0v) is 23.2. The van der Waals surface area contributed by atoms with Crippen molar-refractivity contribution in [3.63, 3.8) is 0 Å². The molecule has 6 nitrogen and oxygen atoms in total. The van der Waals surface area contributed by atoms with Crippen LogP contribution in [0.3, 0.4) is 0 Å². The van der Waals surface area contributed by atoms with Gasteiger partial charge in [-0.25, -0.2) is 14.4 Å². The zero-order chi connectivity index (χ0) is 25.2. The minimum absolute atomic E-state index is 0.139. The first-order valence-electron chi connectivity index (χ1n) is 12.4. The molecule has 0 radical (unpaired) electrons. The molecule has 2 aromatic carbocycles. The molecule has 0 atom stereocenters. The Labute approximate surface area is 223 Å². The van der Waals surface area contributed by atoms with Gasteiger partial charge in [0, 0.05) is 28.2 Å². The monoisotopic (exact) mass is 563 g/mol. The summed E-state index contributed by atoms with van der Waals surface area (Å²) in [5, 5.41) is 7.20. The first kappa shape index (κ1) is 24.7. The molecule has 5 rings (SSSR count). The van der Waals surface area contributed by atoms with Crippen LogP contribution in [0.15, 0.2) is 79.3 Å². The number of rotatable bonds is 5. The average Bonchev–Trinajstić information content (AvgIpc) is 3.38. The van der Waals surface area contributed by atoms with Crippen LogP contribution in [0, 0.1) is 12.8 Å². The number of nitrogens with zero attached hydrogens (tertiary/aromatic N) is 5. The molecule has 0 unspecified atom stereocenters. The zero-order valence-electron chi connectivity index (χ0n) is 20.8. The van der Waals surface area contributed by atoms with Crippen molar-refractivity contribution in [1.29, 1.82) is 0 Å². The molecule has 186 valence electrons. The lowest BCUT2D eigenvalue weighted by Crippen LogP contribution is -2.20. The standard InChI is InChI=1S/C28H30BrN5OS/c1-4-20-14-16-21(17-15-20)31-33-25(23-12-8-9-13-24(23)29)18-36-28(33)30-26-19(2)32(3)34(27(26)35)22-10-6-5-7-11-22/h5-13,18,20H,4,14-17H2,1-3H3. The van der Waals surface area contributed by atoms with Crippen molar-refractivity contribution >= 4 is 38.7 Å². The summed E-state index contributed by atoms with van der Waals surface area (Å²) in [5.41, 5.74) is 5.13. The van der Waals surface area contributed by atoms with Crippen molar-refractivity contribution in [2.75, 3.05) is 0 Å². The van der Waals surface area contributed by atoms with E-state index in [1.165, 1.54) is 36.3 Å². The van der Waals surface area contributed by atoms with Crippen molar-refractivity contribution in [1.82, 2.24) is 14.0 Å². The molecule has 0 saturated heterocycles. The lowest BCUT2D eigenvalue weighted by molar-refractivity contribution is 0.428. The van der Waals surface area contributed by atoms with Gasteiger partial charge in [0.1, 0.15) is 0 Å². The van der Waals surface area contributed by atoms with E-state index in [9.17, 15) is 4.79 Å². The van der Waals surface area contributed by atoms with Gasteiger partial charge in [-0.1, -0.05) is 65.7 Å². The van der Waals surface area contributed by atoms with E-state index in [1.807, 2.05) is 71.9 Å². The van der Waals surface area contributed by atoms with E-state index < -0.39 is 0 Å². The highest BCUT2D eigenvalue weighted by Crippen LogP contribution is 2.30. The van der Waals surface area contributed by atoms with Crippen molar-refractivity contribution in [3.8, 4) is 16.9 Å². The first-order chi connectivity index (χ1) is 17.5. The summed E-state index contributed by atoms with van der Waals surface area (Å²) in [7, 11) is 1.89. The Kier molecular flexibility index (Phi) is 7.25. The third-order valence-corrected chi connectivity index (χ3v) is 8.58. The Hall–Kier alpha value is -2.97. The molecular formula is C28H30BrN5OS. The predicted molar refractivity (Wildman–Crippen MR) is 151 cm³/mol. The fraction of sp³-hybridized carbons (Fsp3) is 0.321. The van der Waals surface area contributed by atoms with Crippen LogP contribution in [-0.4, -0.2) is 19.8 Å². The molecule has 1 saturated carbocycles. The minimum atomic E-state index is -0.139. The maximum Gasteiger partial charge on any atom is 0.297 e. The highest BCUT2D eigenvalue weighted by atomic mass is 79.9. The number of para-hydroxylation sites is 1. The smallest absolute Gasteiger partial charge is 0.283 e. The van der Waals surface area contributed by atoms with Gasteiger partial charge in [-0.15, -0.1) is 11.3 Å². The van der Waals surface area contributed by atoms with Crippen molar-refractivity contribution in [3.05, 3.63) is 85.3 Å². The molecule has 36 heavy (non-hydrogen) atoms. The molecule has 1 aliphatic rings. The van der Waals surface area contributed by atoms with E-state index in [0.29, 0.717) is 10.5 Å². The van der Waals surface area contributed by atoms with Crippen molar-refractivity contribution in [2.45, 2.75) is 46.0 Å². The molecule has 2 aromatic heterocycles. The van der Waals surface area contributed by atoms with Crippen LogP contribution < -0.4 is 10.4 Å². The van der Waals surface area contributed by atoms with Gasteiger partial charge in [0.05, 0.1) is 17.1 Å². The minimum Gasteiger partial charge on any atom is -0.283 e. The Morgan fingerprint density at radius 3 is 2.44 bits per heavy atom.